The van der Waals surface area contributed by atoms with Gasteiger partial charge in [-0.15, -0.1) is 12.4 Å². The molecule has 3 aromatic carbocycles. The molecule has 182 valence electrons. The molecule has 2 heterocycles. The Morgan fingerprint density at radius 2 is 1.69 bits per heavy atom. The first-order chi connectivity index (χ1) is 16.3. The van der Waals surface area contributed by atoms with Gasteiger partial charge >= 0.3 is 5.97 Å². The Morgan fingerprint density at radius 1 is 1.00 bits per heavy atom. The monoisotopic (exact) mass is 500 g/mol. The van der Waals surface area contributed by atoms with Crippen LogP contribution in [0.4, 0.5) is 14.5 Å². The highest BCUT2D eigenvalue weighted by Crippen LogP contribution is 2.47. The first-order valence-corrected chi connectivity index (χ1v) is 10.9. The summed E-state index contributed by atoms with van der Waals surface area (Å²) in [6.07, 6.45) is 1.38. The molecule has 4 aromatic rings. The van der Waals surface area contributed by atoms with Crippen molar-refractivity contribution in [3.63, 3.8) is 0 Å². The van der Waals surface area contributed by atoms with Crippen LogP contribution in [0.5, 0.6) is 5.75 Å². The molecule has 1 aromatic heterocycles. The van der Waals surface area contributed by atoms with E-state index >= 15 is 0 Å². The summed E-state index contributed by atoms with van der Waals surface area (Å²) in [5, 5.41) is 20.8. The Kier molecular flexibility index (Phi) is 6.69. The van der Waals surface area contributed by atoms with Crippen molar-refractivity contribution in [2.24, 2.45) is 0 Å². The smallest absolute Gasteiger partial charge is 0.335 e. The lowest BCUT2D eigenvalue weighted by molar-refractivity contribution is 0.0697. The molecular weight excluding hydrogens is 478 g/mol. The molecule has 6 nitrogen and oxygen atoms in total. The van der Waals surface area contributed by atoms with Crippen LogP contribution < -0.4 is 5.73 Å². The molecule has 0 unspecified atom stereocenters. The summed E-state index contributed by atoms with van der Waals surface area (Å²) in [6, 6.07) is 13.2. The molecule has 0 amide bonds. The summed E-state index contributed by atoms with van der Waals surface area (Å²) >= 11 is 0. The number of hydrogen-bond donors (Lipinski definition) is 3. The highest BCUT2D eigenvalue weighted by molar-refractivity contribution is 6.05. The number of rotatable bonds is 4. The fourth-order valence-corrected chi connectivity index (χ4v) is 4.77. The van der Waals surface area contributed by atoms with E-state index < -0.39 is 17.6 Å². The summed E-state index contributed by atoms with van der Waals surface area (Å²) in [5.41, 5.74) is 9.64. The van der Waals surface area contributed by atoms with Crippen LogP contribution >= 0.6 is 12.4 Å². The predicted molar refractivity (Wildman–Crippen MR) is 132 cm³/mol. The number of benzene rings is 3. The highest BCUT2D eigenvalue weighted by Gasteiger charge is 2.29. The van der Waals surface area contributed by atoms with Crippen LogP contribution in [-0.2, 0) is 4.74 Å². The van der Waals surface area contributed by atoms with Gasteiger partial charge in [0.1, 0.15) is 5.75 Å². The van der Waals surface area contributed by atoms with E-state index in [1.165, 1.54) is 24.3 Å². The Bertz CT molecular complexity index is 1410. The summed E-state index contributed by atoms with van der Waals surface area (Å²) in [7, 11) is 0. The molecule has 0 spiro atoms. The Morgan fingerprint density at radius 3 is 2.31 bits per heavy atom. The third-order valence-corrected chi connectivity index (χ3v) is 6.30. The second-order valence-electron chi connectivity index (χ2n) is 8.40. The maximum Gasteiger partial charge on any atom is 0.335 e. The number of fused-ring (bicyclic) bond motifs is 1. The minimum Gasteiger partial charge on any atom is -0.507 e. The van der Waals surface area contributed by atoms with Gasteiger partial charge in [0.2, 0.25) is 0 Å². The number of carboxylic acids is 1. The molecule has 1 aliphatic rings. The molecule has 0 aliphatic carbocycles. The number of phenols is 1. The lowest BCUT2D eigenvalue weighted by atomic mass is 9.89. The average molecular weight is 501 g/mol. The molecule has 0 saturated carbocycles. The third-order valence-electron chi connectivity index (χ3n) is 6.30. The molecule has 35 heavy (non-hydrogen) atoms. The predicted octanol–water partition coefficient (Wildman–Crippen LogP) is 5.88. The van der Waals surface area contributed by atoms with Gasteiger partial charge in [0.05, 0.1) is 16.5 Å². The number of carbonyl (C=O) groups is 1. The summed E-state index contributed by atoms with van der Waals surface area (Å²) in [4.78, 5) is 11.4. The van der Waals surface area contributed by atoms with Crippen LogP contribution in [0.2, 0.25) is 0 Å². The van der Waals surface area contributed by atoms with Gasteiger partial charge < -0.3 is 25.3 Å². The number of aromatic hydroxyl groups is 1. The molecule has 1 fully saturated rings. The zero-order valence-electron chi connectivity index (χ0n) is 18.5. The topological polar surface area (TPSA) is 97.7 Å². The fourth-order valence-electron chi connectivity index (χ4n) is 4.77. The van der Waals surface area contributed by atoms with Gasteiger partial charge in [-0.2, -0.15) is 0 Å². The van der Waals surface area contributed by atoms with Gasteiger partial charge in [-0.05, 0) is 48.7 Å². The van der Waals surface area contributed by atoms with Crippen LogP contribution in [0.1, 0.15) is 34.8 Å². The fraction of sp³-hybridized carbons (Fsp3) is 0.192. The quantitative estimate of drug-likeness (QED) is 0.304. The molecule has 0 bridgehead atoms. The average Bonchev–Trinajstić information content (AvgIpc) is 3.16. The summed E-state index contributed by atoms with van der Waals surface area (Å²) in [6.45, 7) is 1.07. The van der Waals surface area contributed by atoms with E-state index in [1.807, 2.05) is 4.57 Å². The number of phenolic OH excluding ortho intramolecular Hbond substituents is 1. The largest absolute Gasteiger partial charge is 0.507 e. The number of halogens is 3. The number of nitrogen functional groups attached to an aromatic ring is 1. The highest BCUT2D eigenvalue weighted by atomic mass is 35.5. The van der Waals surface area contributed by atoms with E-state index in [9.17, 15) is 23.8 Å². The van der Waals surface area contributed by atoms with Gasteiger partial charge in [0, 0.05) is 53.9 Å². The number of aromatic nitrogens is 1. The first kappa shape index (κ1) is 24.5. The van der Waals surface area contributed by atoms with Gasteiger partial charge in [-0.25, -0.2) is 13.6 Å². The minimum absolute atomic E-state index is 0. The van der Waals surface area contributed by atoms with E-state index in [-0.39, 0.29) is 29.6 Å². The second-order valence-corrected chi connectivity index (χ2v) is 8.40. The Hall–Kier alpha value is -3.62. The maximum absolute atomic E-state index is 14.3. The van der Waals surface area contributed by atoms with Gasteiger partial charge in [0.25, 0.3) is 0 Å². The Labute approximate surface area is 206 Å². The van der Waals surface area contributed by atoms with E-state index in [2.05, 4.69) is 0 Å². The maximum atomic E-state index is 14.3. The van der Waals surface area contributed by atoms with Crippen LogP contribution in [0.3, 0.4) is 0 Å². The zero-order valence-corrected chi connectivity index (χ0v) is 19.3. The molecule has 9 heteroatoms. The standard InChI is InChI=1S/C26H22F2N2O4.ClH/c27-19-6-5-18(13-20(19)28)30-21-11-17(29)12-22(31)24(21)23(25(30)15-7-9-34-10-8-15)14-1-3-16(4-2-14)26(32)33;/h1-6,11-13,15,31H,7-10,29H2,(H,32,33);1H. The van der Waals surface area contributed by atoms with Crippen LogP contribution in [-0.4, -0.2) is 34.0 Å². The number of anilines is 1. The molecule has 1 saturated heterocycles. The van der Waals surface area contributed by atoms with Crippen LogP contribution in [0.25, 0.3) is 27.7 Å². The number of nitrogens with zero attached hydrogens (tertiary/aromatic N) is 1. The van der Waals surface area contributed by atoms with Crippen molar-refractivity contribution in [3.8, 4) is 22.6 Å². The van der Waals surface area contributed by atoms with Gasteiger partial charge in [-0.3, -0.25) is 0 Å². The van der Waals surface area contributed by atoms with E-state index in [0.717, 1.165) is 17.8 Å². The zero-order chi connectivity index (χ0) is 24.0. The molecule has 0 radical (unpaired) electrons. The van der Waals surface area contributed by atoms with Crippen molar-refractivity contribution >= 4 is 35.0 Å². The minimum atomic E-state index is -1.05. The van der Waals surface area contributed by atoms with Crippen molar-refractivity contribution in [1.82, 2.24) is 4.57 Å². The lowest BCUT2D eigenvalue weighted by Crippen LogP contribution is -2.17. The SMILES string of the molecule is Cl.Nc1cc(O)c2c(-c3ccc(C(=O)O)cc3)c(C3CCOCC3)n(-c3ccc(F)c(F)c3)c2c1. The molecular formula is C26H23ClF2N2O4. The second kappa shape index (κ2) is 9.56. The first-order valence-electron chi connectivity index (χ1n) is 10.9. The normalized spacial score (nSPS) is 14.1. The van der Waals surface area contributed by atoms with Crippen molar-refractivity contribution < 1.29 is 28.5 Å². The van der Waals surface area contributed by atoms with E-state index in [0.29, 0.717) is 59.5 Å². The number of hydrogen-bond acceptors (Lipinski definition) is 4. The summed E-state index contributed by atoms with van der Waals surface area (Å²) < 4.78 is 35.4. The molecule has 4 N–H and O–H groups in total. The third kappa shape index (κ3) is 4.31. The summed E-state index contributed by atoms with van der Waals surface area (Å²) in [5.74, 6) is -3.06. The number of carboxylic acid groups (broad SMARTS) is 1. The van der Waals surface area contributed by atoms with Crippen LogP contribution in [0, 0.1) is 11.6 Å². The Balaban J connectivity index is 0.00000289. The van der Waals surface area contributed by atoms with E-state index in [4.69, 9.17) is 10.5 Å². The molecule has 0 atom stereocenters. The van der Waals surface area contributed by atoms with Crippen molar-refractivity contribution in [3.05, 3.63) is 77.5 Å². The van der Waals surface area contributed by atoms with Gasteiger partial charge in [0.15, 0.2) is 11.6 Å². The van der Waals surface area contributed by atoms with Crippen molar-refractivity contribution in [2.75, 3.05) is 18.9 Å². The van der Waals surface area contributed by atoms with Crippen molar-refractivity contribution in [2.45, 2.75) is 18.8 Å². The van der Waals surface area contributed by atoms with Crippen molar-refractivity contribution in [1.29, 1.82) is 0 Å². The molecule has 1 aliphatic heterocycles. The number of aromatic carboxylic acids is 1. The molecule has 5 rings (SSSR count). The van der Waals surface area contributed by atoms with E-state index in [1.54, 1.807) is 18.2 Å². The lowest BCUT2D eigenvalue weighted by Gasteiger charge is -2.26. The van der Waals surface area contributed by atoms with Gasteiger partial charge in [-0.1, -0.05) is 12.1 Å². The van der Waals surface area contributed by atoms with Crippen LogP contribution in [0.15, 0.2) is 54.6 Å². The number of ether oxygens (including phenoxy) is 1. The number of nitrogens with two attached hydrogens (primary N) is 1.